The molecule has 0 saturated carbocycles. The quantitative estimate of drug-likeness (QED) is 0.153. The molecule has 3 rings (SSSR count). The van der Waals surface area contributed by atoms with Crippen LogP contribution in [0.3, 0.4) is 0 Å². The van der Waals surface area contributed by atoms with Crippen molar-refractivity contribution in [2.24, 2.45) is 0 Å². The maximum Gasteiger partial charge on any atom is 0.272 e. The summed E-state index contributed by atoms with van der Waals surface area (Å²) in [5.41, 5.74) is 0.139. The van der Waals surface area contributed by atoms with E-state index in [-0.39, 0.29) is 17.0 Å². The Kier molecular flexibility index (Phi) is 8.17. The van der Waals surface area contributed by atoms with E-state index in [1.54, 1.807) is 0 Å². The lowest BCUT2D eigenvalue weighted by Crippen LogP contribution is -2.65. The molecule has 7 N–H and O–H groups in total. The van der Waals surface area contributed by atoms with Gasteiger partial charge in [-0.3, -0.25) is 10.1 Å². The first-order valence-corrected chi connectivity index (χ1v) is 10.1. The number of nitro benzene ring substituents is 1. The predicted octanol–water partition coefficient (Wildman–Crippen LogP) is -3.09. The van der Waals surface area contributed by atoms with Crippen LogP contribution < -0.4 is 4.74 Å². The molecule has 2 aliphatic heterocycles. The van der Waals surface area contributed by atoms with E-state index in [0.717, 1.165) is 0 Å². The van der Waals surface area contributed by atoms with Crippen LogP contribution in [0, 0.1) is 17.0 Å². The normalized spacial score (nSPS) is 39.3. The minimum atomic E-state index is -1.77. The first-order chi connectivity index (χ1) is 15.6. The lowest BCUT2D eigenvalue weighted by atomic mass is 9.97. The second-order valence-electron chi connectivity index (χ2n) is 7.83. The highest BCUT2D eigenvalue weighted by atomic mass is 16.7. The molecule has 0 bridgehead atoms. The summed E-state index contributed by atoms with van der Waals surface area (Å²) in [6.07, 6.45) is -15.7. The van der Waals surface area contributed by atoms with Crippen molar-refractivity contribution < 1.29 is 59.6 Å². The molecule has 186 valence electrons. The summed E-state index contributed by atoms with van der Waals surface area (Å²) in [5, 5.41) is 80.9. The second-order valence-corrected chi connectivity index (χ2v) is 7.83. The monoisotopic (exact) mass is 477 g/mol. The number of rotatable bonds is 7. The highest BCUT2D eigenvalue weighted by molar-refractivity contribution is 5.44. The maximum atomic E-state index is 11.0. The number of nitro groups is 1. The molecule has 2 fully saturated rings. The van der Waals surface area contributed by atoms with Crippen molar-refractivity contribution >= 4 is 5.69 Å². The van der Waals surface area contributed by atoms with Crippen LogP contribution in [0.4, 0.5) is 5.69 Å². The number of hydrogen-bond acceptors (Lipinski definition) is 13. The molecular weight excluding hydrogens is 450 g/mol. The van der Waals surface area contributed by atoms with Crippen molar-refractivity contribution in [2.45, 2.75) is 68.3 Å². The Hall–Kier alpha value is -1.98. The van der Waals surface area contributed by atoms with Crippen LogP contribution in [0.2, 0.25) is 0 Å². The number of ether oxygens (including phenoxy) is 4. The maximum absolute atomic E-state index is 11.0. The molecule has 33 heavy (non-hydrogen) atoms. The highest BCUT2D eigenvalue weighted by Crippen LogP contribution is 2.31. The van der Waals surface area contributed by atoms with Crippen LogP contribution >= 0.6 is 0 Å². The van der Waals surface area contributed by atoms with Gasteiger partial charge in [-0.05, 0) is 19.1 Å². The van der Waals surface area contributed by atoms with Crippen LogP contribution in [0.5, 0.6) is 5.75 Å². The molecule has 2 heterocycles. The van der Waals surface area contributed by atoms with E-state index in [1.165, 1.54) is 25.1 Å². The zero-order valence-electron chi connectivity index (χ0n) is 17.4. The smallest absolute Gasteiger partial charge is 0.272 e. The van der Waals surface area contributed by atoms with E-state index >= 15 is 0 Å². The van der Waals surface area contributed by atoms with Gasteiger partial charge in [-0.15, -0.1) is 0 Å². The number of aliphatic hydroxyl groups excluding tert-OH is 7. The molecule has 2 aliphatic rings. The Morgan fingerprint density at radius 2 is 1.52 bits per heavy atom. The van der Waals surface area contributed by atoms with Crippen LogP contribution in [0.15, 0.2) is 18.2 Å². The molecule has 1 aromatic rings. The lowest BCUT2D eigenvalue weighted by molar-refractivity contribution is -0.385. The summed E-state index contributed by atoms with van der Waals surface area (Å²) in [7, 11) is 0. The van der Waals surface area contributed by atoms with E-state index < -0.39 is 79.5 Å². The average Bonchev–Trinajstić information content (AvgIpc) is 2.78. The molecule has 0 radical (unpaired) electrons. The second kappa shape index (κ2) is 10.5. The Morgan fingerprint density at radius 3 is 2.09 bits per heavy atom. The fourth-order valence-electron chi connectivity index (χ4n) is 3.69. The molecule has 0 spiro atoms. The molecule has 0 amide bonds. The fourth-order valence-corrected chi connectivity index (χ4v) is 3.69. The average molecular weight is 477 g/mol. The van der Waals surface area contributed by atoms with E-state index in [4.69, 9.17) is 18.9 Å². The van der Waals surface area contributed by atoms with Crippen molar-refractivity contribution in [3.63, 3.8) is 0 Å². The minimum Gasteiger partial charge on any atom is -0.462 e. The number of hydrogen-bond donors (Lipinski definition) is 7. The molecule has 2 saturated heterocycles. The van der Waals surface area contributed by atoms with Gasteiger partial charge in [-0.1, -0.05) is 0 Å². The van der Waals surface area contributed by atoms with Crippen LogP contribution in [0.25, 0.3) is 0 Å². The third-order valence-corrected chi connectivity index (χ3v) is 5.58. The summed E-state index contributed by atoms with van der Waals surface area (Å²) in [5.74, 6) is 0.0966. The number of aliphatic hydroxyl groups is 7. The zero-order valence-corrected chi connectivity index (χ0v) is 17.4. The first kappa shape index (κ1) is 25.6. The van der Waals surface area contributed by atoms with Gasteiger partial charge in [0.1, 0.15) is 54.6 Å². The zero-order chi connectivity index (χ0) is 24.4. The van der Waals surface area contributed by atoms with E-state index in [2.05, 4.69) is 0 Å². The van der Waals surface area contributed by atoms with Gasteiger partial charge in [-0.2, -0.15) is 0 Å². The van der Waals surface area contributed by atoms with Gasteiger partial charge in [0.2, 0.25) is 6.29 Å². The molecule has 0 unspecified atom stereocenters. The van der Waals surface area contributed by atoms with Gasteiger partial charge < -0.3 is 54.7 Å². The van der Waals surface area contributed by atoms with Crippen LogP contribution in [-0.2, 0) is 14.2 Å². The topological polar surface area (TPSA) is 222 Å². The van der Waals surface area contributed by atoms with Gasteiger partial charge in [0.25, 0.3) is 5.69 Å². The number of benzene rings is 1. The molecule has 14 nitrogen and oxygen atoms in total. The van der Waals surface area contributed by atoms with Crippen LogP contribution in [-0.4, -0.2) is 115 Å². The molecule has 0 aliphatic carbocycles. The van der Waals surface area contributed by atoms with Crippen LogP contribution in [0.1, 0.15) is 5.56 Å². The lowest BCUT2D eigenvalue weighted by Gasteiger charge is -2.45. The molecular formula is C19H27NO13. The molecule has 10 atom stereocenters. The Bertz CT molecular complexity index is 821. The van der Waals surface area contributed by atoms with Crippen molar-refractivity contribution in [1.29, 1.82) is 0 Å². The standard InChI is InChI=1S/C19H27NO13/c1-7-4-8(2-3-9(7)20(28)29)30-18-16(27)14(25)17(11(6-22)32-18)33-19-15(26)13(24)12(23)10(5-21)31-19/h2-4,10-19,21-27H,5-6H2,1H3/t10-,11-,12-,13+,14-,15-,16-,17-,18-,19+/m1/s1. The minimum absolute atomic E-state index is 0.0966. The number of nitrogens with zero attached hydrogens (tertiary/aromatic N) is 1. The SMILES string of the molecule is Cc1cc(O[C@@H]2O[C@H](CO)[C@@H](O[C@@H]3O[C@H](CO)[C@@H](O)[C@H](O)[C@H]3O)[C@H](O)[C@H]2O)ccc1[N+](=O)[O-]. The van der Waals surface area contributed by atoms with Gasteiger partial charge >= 0.3 is 0 Å². The predicted molar refractivity (Wildman–Crippen MR) is 105 cm³/mol. The van der Waals surface area contributed by atoms with Gasteiger partial charge in [0.05, 0.1) is 18.1 Å². The third-order valence-electron chi connectivity index (χ3n) is 5.58. The summed E-state index contributed by atoms with van der Waals surface area (Å²) < 4.78 is 21.7. The summed E-state index contributed by atoms with van der Waals surface area (Å²) in [6, 6.07) is 3.81. The molecule has 14 heteroatoms. The Morgan fingerprint density at radius 1 is 0.909 bits per heavy atom. The van der Waals surface area contributed by atoms with E-state index in [9.17, 15) is 45.9 Å². The van der Waals surface area contributed by atoms with Crippen molar-refractivity contribution in [3.05, 3.63) is 33.9 Å². The third kappa shape index (κ3) is 5.25. The largest absolute Gasteiger partial charge is 0.462 e. The van der Waals surface area contributed by atoms with Gasteiger partial charge in [-0.25, -0.2) is 0 Å². The van der Waals surface area contributed by atoms with Crippen molar-refractivity contribution in [2.75, 3.05) is 13.2 Å². The summed E-state index contributed by atoms with van der Waals surface area (Å²) in [6.45, 7) is 0.0645. The van der Waals surface area contributed by atoms with Gasteiger partial charge in [0, 0.05) is 11.6 Å². The summed E-state index contributed by atoms with van der Waals surface area (Å²) in [4.78, 5) is 10.4. The molecule has 0 aromatic heterocycles. The highest BCUT2D eigenvalue weighted by Gasteiger charge is 2.51. The van der Waals surface area contributed by atoms with E-state index in [1.807, 2.05) is 0 Å². The number of aryl methyl sites for hydroxylation is 1. The Balaban J connectivity index is 1.72. The van der Waals surface area contributed by atoms with Gasteiger partial charge in [0.15, 0.2) is 6.29 Å². The Labute approximate surface area is 187 Å². The first-order valence-electron chi connectivity index (χ1n) is 10.1. The van der Waals surface area contributed by atoms with Crippen molar-refractivity contribution in [3.8, 4) is 5.75 Å². The summed E-state index contributed by atoms with van der Waals surface area (Å²) >= 11 is 0. The van der Waals surface area contributed by atoms with E-state index in [0.29, 0.717) is 0 Å². The van der Waals surface area contributed by atoms with Crippen molar-refractivity contribution in [1.82, 2.24) is 0 Å². The molecule has 1 aromatic carbocycles. The fraction of sp³-hybridized carbons (Fsp3) is 0.684.